The molecule has 0 saturated carbocycles. The Morgan fingerprint density at radius 2 is 1.60 bits per heavy atom. The maximum absolute atomic E-state index is 11.1. The van der Waals surface area contributed by atoms with Crippen LogP contribution in [0.25, 0.3) is 30.5 Å². The second kappa shape index (κ2) is 6.66. The summed E-state index contributed by atoms with van der Waals surface area (Å²) < 4.78 is 42.3. The zero-order chi connectivity index (χ0) is 18.2. The molecule has 25 heavy (non-hydrogen) atoms. The van der Waals surface area contributed by atoms with Crippen molar-refractivity contribution in [1.29, 1.82) is 0 Å². The number of nitrogens with zero attached hydrogens (tertiary/aromatic N) is 1. The van der Waals surface area contributed by atoms with Crippen LogP contribution in [0.1, 0.15) is 0 Å². The average Bonchev–Trinajstić information content (AvgIpc) is 2.88. The number of non-ortho nitro benzene ring substituents is 1. The van der Waals surface area contributed by atoms with Crippen LogP contribution in [-0.4, -0.2) is 19.4 Å². The van der Waals surface area contributed by atoms with Crippen LogP contribution in [-0.2, 0) is 0 Å². The predicted octanol–water partition coefficient (Wildman–Crippen LogP) is -0.771. The van der Waals surface area contributed by atoms with Gasteiger partial charge in [0.1, 0.15) is 0 Å². The summed E-state index contributed by atoms with van der Waals surface area (Å²) in [4.78, 5) is 10.7. The molecule has 8 nitrogen and oxygen atoms in total. The first-order valence-corrected chi connectivity index (χ1v) is 9.62. The van der Waals surface area contributed by atoms with E-state index in [1.807, 2.05) is 30.3 Å². The number of halogens is 1. The number of para-hydroxylation sites is 1. The molecule has 0 unspecified atom stereocenters. The van der Waals surface area contributed by atoms with E-state index in [0.29, 0.717) is 5.58 Å². The quantitative estimate of drug-likeness (QED) is 0.167. The van der Waals surface area contributed by atoms with Gasteiger partial charge in [0.25, 0.3) is 0 Å². The first kappa shape index (κ1) is 17.7. The fraction of sp³-hybridized carbons (Fsp3) is 0. The molecular formula is C15H8ClNO7Se. The largest absolute Gasteiger partial charge is 0.222 e. The van der Waals surface area contributed by atoms with Crippen LogP contribution in [0.2, 0.25) is 0 Å². The number of nitro benzene ring substituents is 1. The van der Waals surface area contributed by atoms with E-state index in [1.165, 1.54) is 10.3 Å². The summed E-state index contributed by atoms with van der Waals surface area (Å²) in [6.45, 7) is 0. The van der Waals surface area contributed by atoms with Crippen molar-refractivity contribution in [2.24, 2.45) is 0 Å². The van der Waals surface area contributed by atoms with E-state index in [2.05, 4.69) is 6.07 Å². The van der Waals surface area contributed by atoms with Crippen LogP contribution < -0.4 is 18.6 Å². The standard InChI is InChI=1S/C15H8NO3Se.ClHO4/c17-16(18)11-6-3-4-9-8-13-15(19-14(9)11)10-5-1-2-7-12(10)20-13;2-1(3,4)5/h1-8H;(H,2,3,4,5)/q+1;/p-1. The SMILES string of the molecule is O=[N+]([O-])c1cccc2cc3[se]c4ccccc4c3[o+]c12.[O-][Cl+3]([O-])([O-])[O-]. The van der Waals surface area contributed by atoms with Crippen molar-refractivity contribution in [1.82, 2.24) is 0 Å². The molecule has 0 atom stereocenters. The normalized spacial score (nSPS) is 11.5. The summed E-state index contributed by atoms with van der Waals surface area (Å²) in [5.74, 6) is 0. The van der Waals surface area contributed by atoms with Crippen LogP contribution in [0.15, 0.2) is 52.9 Å². The van der Waals surface area contributed by atoms with Gasteiger partial charge in [0.2, 0.25) is 0 Å². The third kappa shape index (κ3) is 3.94. The average molecular weight is 429 g/mol. The van der Waals surface area contributed by atoms with Crippen LogP contribution in [0.4, 0.5) is 5.69 Å². The summed E-state index contributed by atoms with van der Waals surface area (Å²) in [6, 6.07) is 15.1. The minimum absolute atomic E-state index is 0.0159. The van der Waals surface area contributed by atoms with Gasteiger partial charge in [-0.3, -0.25) is 0 Å². The Morgan fingerprint density at radius 3 is 2.28 bits per heavy atom. The van der Waals surface area contributed by atoms with E-state index in [1.54, 1.807) is 6.07 Å². The molecule has 0 aliphatic carbocycles. The van der Waals surface area contributed by atoms with Gasteiger partial charge in [-0.05, 0) is 0 Å². The maximum Gasteiger partial charge on any atom is -0.112 e. The van der Waals surface area contributed by atoms with Crippen molar-refractivity contribution in [3.63, 3.8) is 0 Å². The molecule has 128 valence electrons. The molecule has 0 aliphatic heterocycles. The zero-order valence-electron chi connectivity index (χ0n) is 12.2. The molecule has 2 aromatic carbocycles. The Balaban J connectivity index is 0.000000324. The van der Waals surface area contributed by atoms with E-state index in [4.69, 9.17) is 23.1 Å². The van der Waals surface area contributed by atoms with Crippen LogP contribution >= 0.6 is 0 Å². The van der Waals surface area contributed by atoms with Crippen molar-refractivity contribution in [2.75, 3.05) is 0 Å². The summed E-state index contributed by atoms with van der Waals surface area (Å²) in [6.07, 6.45) is 0. The number of hydrogen-bond donors (Lipinski definition) is 0. The van der Waals surface area contributed by atoms with Crippen molar-refractivity contribution < 1.29 is 38.2 Å². The molecule has 2 heterocycles. The molecule has 0 amide bonds. The number of rotatable bonds is 1. The van der Waals surface area contributed by atoms with Gasteiger partial charge in [-0.1, -0.05) is 0 Å². The Labute approximate surface area is 147 Å². The fourth-order valence-electron chi connectivity index (χ4n) is 2.40. The Hall–Kier alpha value is -2.10. The molecule has 4 aromatic rings. The summed E-state index contributed by atoms with van der Waals surface area (Å²) >= 11 is 0.203. The van der Waals surface area contributed by atoms with Gasteiger partial charge < -0.3 is 0 Å². The molecule has 0 bridgehead atoms. The van der Waals surface area contributed by atoms with Gasteiger partial charge in [-0.2, -0.15) is 0 Å². The van der Waals surface area contributed by atoms with E-state index < -0.39 is 15.2 Å². The molecular weight excluding hydrogens is 421 g/mol. The maximum atomic E-state index is 11.1. The second-order valence-corrected chi connectivity index (χ2v) is 7.90. The van der Waals surface area contributed by atoms with Crippen molar-refractivity contribution in [3.8, 4) is 0 Å². The Morgan fingerprint density at radius 1 is 0.920 bits per heavy atom. The van der Waals surface area contributed by atoms with Crippen molar-refractivity contribution >= 4 is 50.6 Å². The van der Waals surface area contributed by atoms with Gasteiger partial charge >= 0.3 is 119 Å². The number of fused-ring (bicyclic) bond motifs is 4. The molecule has 0 spiro atoms. The van der Waals surface area contributed by atoms with E-state index >= 15 is 0 Å². The monoisotopic (exact) mass is 429 g/mol. The fourth-order valence-corrected chi connectivity index (χ4v) is 4.67. The third-order valence-electron chi connectivity index (χ3n) is 3.29. The molecule has 2 aromatic heterocycles. The smallest absolute Gasteiger partial charge is 0.112 e. The van der Waals surface area contributed by atoms with Crippen LogP contribution in [0.3, 0.4) is 0 Å². The third-order valence-corrected chi connectivity index (χ3v) is 5.59. The van der Waals surface area contributed by atoms with Crippen LogP contribution in [0, 0.1) is 20.4 Å². The first-order chi connectivity index (χ1) is 11.7. The van der Waals surface area contributed by atoms with E-state index in [9.17, 15) is 10.1 Å². The first-order valence-electron chi connectivity index (χ1n) is 6.67. The van der Waals surface area contributed by atoms with Gasteiger partial charge in [0.05, 0.1) is 0 Å². The molecule has 0 saturated heterocycles. The second-order valence-electron chi connectivity index (χ2n) is 4.87. The van der Waals surface area contributed by atoms with Gasteiger partial charge in [-0.25, -0.2) is 18.6 Å². The Bertz CT molecular complexity index is 1080. The summed E-state index contributed by atoms with van der Waals surface area (Å²) in [7, 11) is -4.94. The molecule has 4 rings (SSSR count). The van der Waals surface area contributed by atoms with Crippen molar-refractivity contribution in [3.05, 3.63) is 58.6 Å². The van der Waals surface area contributed by atoms with Gasteiger partial charge in [-0.15, -0.1) is 10.2 Å². The topological polar surface area (TPSA) is 147 Å². The Kier molecular flexibility index (Phi) is 4.72. The number of benzene rings is 2. The van der Waals surface area contributed by atoms with Gasteiger partial charge in [0, 0.05) is 0 Å². The summed E-state index contributed by atoms with van der Waals surface area (Å²) in [5.41, 5.74) is 1.15. The van der Waals surface area contributed by atoms with E-state index in [0.717, 1.165) is 20.6 Å². The van der Waals surface area contributed by atoms with E-state index in [-0.39, 0.29) is 20.2 Å². The molecule has 0 radical (unpaired) electrons. The zero-order valence-corrected chi connectivity index (χ0v) is 14.7. The van der Waals surface area contributed by atoms with Crippen molar-refractivity contribution in [2.45, 2.75) is 0 Å². The predicted molar refractivity (Wildman–Crippen MR) is 79.2 cm³/mol. The minimum Gasteiger partial charge on any atom is -0.222 e. The molecule has 0 fully saturated rings. The van der Waals surface area contributed by atoms with Crippen LogP contribution in [0.5, 0.6) is 0 Å². The molecule has 0 aliphatic rings. The number of nitro groups is 1. The number of hydrogen-bond acceptors (Lipinski definition) is 6. The minimum atomic E-state index is -4.94. The van der Waals surface area contributed by atoms with Gasteiger partial charge in [0.15, 0.2) is 0 Å². The summed E-state index contributed by atoms with van der Waals surface area (Å²) in [5, 5.41) is 13.0. The molecule has 10 heteroatoms. The molecule has 0 N–H and O–H groups in total.